The van der Waals surface area contributed by atoms with Gasteiger partial charge in [0, 0.05) is 16.5 Å². The van der Waals surface area contributed by atoms with Gasteiger partial charge in [0.2, 0.25) is 0 Å². The summed E-state index contributed by atoms with van der Waals surface area (Å²) in [6.07, 6.45) is 12.0. The Kier molecular flexibility index (Phi) is 3.97. The van der Waals surface area contributed by atoms with Crippen LogP contribution in [0.2, 0.25) is 0 Å². The summed E-state index contributed by atoms with van der Waals surface area (Å²) in [7, 11) is 0. The van der Waals surface area contributed by atoms with Crippen molar-refractivity contribution in [1.29, 1.82) is 0 Å². The van der Waals surface area contributed by atoms with Gasteiger partial charge >= 0.3 is 0 Å². The molecule has 1 rings (SSSR count). The molecule has 0 bridgehead atoms. The molecule has 10 heavy (non-hydrogen) atoms. The maximum atomic E-state index is 3.33. The van der Waals surface area contributed by atoms with E-state index in [4.69, 9.17) is 0 Å². The summed E-state index contributed by atoms with van der Waals surface area (Å²) < 4.78 is 0. The van der Waals surface area contributed by atoms with Crippen molar-refractivity contribution in [3.63, 3.8) is 0 Å². The molecule has 0 amide bonds. The molecule has 60 valence electrons. The third-order valence-corrected chi connectivity index (χ3v) is 2.14. The number of allylic oxidation sites excluding steroid dienone is 4. The zero-order valence-corrected chi connectivity index (χ0v) is 7.45. The Morgan fingerprint density at radius 2 is 1.90 bits per heavy atom. The SMILES string of the molecule is CCC1(CC)[C-]=CC=C1.[Ni]. The van der Waals surface area contributed by atoms with Crippen LogP contribution in [0.15, 0.2) is 18.2 Å². The van der Waals surface area contributed by atoms with E-state index < -0.39 is 0 Å². The van der Waals surface area contributed by atoms with Crippen LogP contribution in [0.4, 0.5) is 0 Å². The van der Waals surface area contributed by atoms with E-state index in [1.165, 1.54) is 12.8 Å². The smallest absolute Gasteiger partial charge is 0 e. The van der Waals surface area contributed by atoms with E-state index in [0.717, 1.165) is 0 Å². The molecule has 1 aliphatic rings. The van der Waals surface area contributed by atoms with E-state index in [9.17, 15) is 0 Å². The summed E-state index contributed by atoms with van der Waals surface area (Å²) >= 11 is 0. The molecule has 0 aromatic heterocycles. The van der Waals surface area contributed by atoms with Crippen molar-refractivity contribution < 1.29 is 16.5 Å². The van der Waals surface area contributed by atoms with Gasteiger partial charge in [-0.1, -0.05) is 32.1 Å². The average molecular weight is 180 g/mol. The molecule has 0 aromatic rings. The quantitative estimate of drug-likeness (QED) is 0.452. The Labute approximate surface area is 73.3 Å². The standard InChI is InChI=1S/C9H13.Ni/c1-3-9(4-2)7-5-6-8-9;/h5-7H,3-4H2,1-2H3;/q-1;. The predicted octanol–water partition coefficient (Wildman–Crippen LogP) is 2.72. The first-order valence-electron chi connectivity index (χ1n) is 3.62. The van der Waals surface area contributed by atoms with Crippen molar-refractivity contribution in [3.8, 4) is 0 Å². The Hall–Kier alpha value is -0.0265. The van der Waals surface area contributed by atoms with Gasteiger partial charge in [-0.2, -0.15) is 6.08 Å². The molecule has 0 fully saturated rings. The Morgan fingerprint density at radius 3 is 2.10 bits per heavy atom. The Morgan fingerprint density at radius 1 is 1.30 bits per heavy atom. The van der Waals surface area contributed by atoms with Gasteiger partial charge in [-0.15, -0.1) is 0 Å². The normalized spacial score (nSPS) is 19.0. The summed E-state index contributed by atoms with van der Waals surface area (Å²) in [6, 6.07) is 0. The molecule has 0 heterocycles. The number of hydrogen-bond acceptors (Lipinski definition) is 0. The van der Waals surface area contributed by atoms with Crippen LogP contribution in [0.3, 0.4) is 0 Å². The molecule has 0 aliphatic heterocycles. The number of rotatable bonds is 2. The molecule has 0 radical (unpaired) electrons. The van der Waals surface area contributed by atoms with Crippen LogP contribution in [0, 0.1) is 11.5 Å². The predicted molar refractivity (Wildman–Crippen MR) is 40.0 cm³/mol. The Bertz CT molecular complexity index is 127. The van der Waals surface area contributed by atoms with Gasteiger partial charge in [-0.3, -0.25) is 6.08 Å². The van der Waals surface area contributed by atoms with Crippen molar-refractivity contribution in [2.45, 2.75) is 26.7 Å². The van der Waals surface area contributed by atoms with Crippen LogP contribution in [-0.2, 0) is 16.5 Å². The molecule has 0 spiro atoms. The van der Waals surface area contributed by atoms with Gasteiger partial charge in [0.15, 0.2) is 0 Å². The first-order chi connectivity index (χ1) is 4.33. The third kappa shape index (κ3) is 1.73. The minimum Gasteiger partial charge on any atom is -0.266 e. The van der Waals surface area contributed by atoms with E-state index >= 15 is 0 Å². The van der Waals surface area contributed by atoms with Gasteiger partial charge < -0.3 is 0 Å². The van der Waals surface area contributed by atoms with Gasteiger partial charge in [-0.25, -0.2) is 12.2 Å². The fraction of sp³-hybridized carbons (Fsp3) is 0.556. The molecule has 0 nitrogen and oxygen atoms in total. The zero-order chi connectivity index (χ0) is 6.74. The third-order valence-electron chi connectivity index (χ3n) is 2.14. The zero-order valence-electron chi connectivity index (χ0n) is 6.46. The molecule has 0 aromatic carbocycles. The van der Waals surface area contributed by atoms with E-state index in [2.05, 4.69) is 32.1 Å². The van der Waals surface area contributed by atoms with Crippen molar-refractivity contribution >= 4 is 0 Å². The first kappa shape index (κ1) is 9.97. The molecule has 0 unspecified atom stereocenters. The van der Waals surface area contributed by atoms with Crippen LogP contribution in [0.5, 0.6) is 0 Å². The summed E-state index contributed by atoms with van der Waals surface area (Å²) in [5, 5.41) is 0. The van der Waals surface area contributed by atoms with Crippen molar-refractivity contribution in [2.75, 3.05) is 0 Å². The number of hydrogen-bond donors (Lipinski definition) is 0. The van der Waals surface area contributed by atoms with Crippen LogP contribution >= 0.6 is 0 Å². The van der Waals surface area contributed by atoms with Crippen molar-refractivity contribution in [3.05, 3.63) is 24.3 Å². The van der Waals surface area contributed by atoms with Crippen molar-refractivity contribution in [1.82, 2.24) is 0 Å². The van der Waals surface area contributed by atoms with E-state index in [-0.39, 0.29) is 16.5 Å². The van der Waals surface area contributed by atoms with Gasteiger partial charge in [0.1, 0.15) is 0 Å². The molecular weight excluding hydrogens is 167 g/mol. The summed E-state index contributed by atoms with van der Waals surface area (Å²) in [5.41, 5.74) is 0.292. The van der Waals surface area contributed by atoms with E-state index in [1.54, 1.807) is 0 Å². The second-order valence-corrected chi connectivity index (χ2v) is 2.53. The van der Waals surface area contributed by atoms with E-state index in [0.29, 0.717) is 5.41 Å². The largest absolute Gasteiger partial charge is 0.266 e. The molecule has 0 N–H and O–H groups in total. The van der Waals surface area contributed by atoms with Crippen LogP contribution < -0.4 is 0 Å². The second kappa shape index (κ2) is 3.98. The maximum Gasteiger partial charge on any atom is 0 e. The molecule has 0 saturated heterocycles. The molecule has 0 atom stereocenters. The fourth-order valence-corrected chi connectivity index (χ4v) is 1.18. The summed E-state index contributed by atoms with van der Waals surface area (Å²) in [6.45, 7) is 4.42. The van der Waals surface area contributed by atoms with Crippen LogP contribution in [0.25, 0.3) is 0 Å². The van der Waals surface area contributed by atoms with Crippen LogP contribution in [0.1, 0.15) is 26.7 Å². The average Bonchev–Trinajstić information content (AvgIpc) is 2.36. The van der Waals surface area contributed by atoms with Crippen LogP contribution in [-0.4, -0.2) is 0 Å². The molecule has 0 saturated carbocycles. The minimum atomic E-state index is 0. The minimum absolute atomic E-state index is 0. The summed E-state index contributed by atoms with van der Waals surface area (Å²) in [5.74, 6) is 0. The van der Waals surface area contributed by atoms with Gasteiger partial charge in [-0.05, 0) is 0 Å². The Balaban J connectivity index is 0.000000810. The molecule has 1 aliphatic carbocycles. The first-order valence-corrected chi connectivity index (χ1v) is 3.62. The molecule has 1 heteroatoms. The fourth-order valence-electron chi connectivity index (χ4n) is 1.18. The van der Waals surface area contributed by atoms with Gasteiger partial charge in [0.25, 0.3) is 0 Å². The van der Waals surface area contributed by atoms with Crippen molar-refractivity contribution in [2.24, 2.45) is 5.41 Å². The maximum absolute atomic E-state index is 3.33. The monoisotopic (exact) mass is 179 g/mol. The van der Waals surface area contributed by atoms with Gasteiger partial charge in [0.05, 0.1) is 0 Å². The van der Waals surface area contributed by atoms with E-state index in [1.807, 2.05) is 6.08 Å². The second-order valence-electron chi connectivity index (χ2n) is 2.53. The topological polar surface area (TPSA) is 0 Å². The molecular formula is C9H13Ni-. The summed E-state index contributed by atoms with van der Waals surface area (Å²) in [4.78, 5) is 0.